The van der Waals surface area contributed by atoms with Crippen LogP contribution in [-0.2, 0) is 9.53 Å². The van der Waals surface area contributed by atoms with Gasteiger partial charge in [0, 0.05) is 11.6 Å². The van der Waals surface area contributed by atoms with Crippen molar-refractivity contribution in [1.29, 1.82) is 0 Å². The van der Waals surface area contributed by atoms with Crippen LogP contribution in [0.15, 0.2) is 24.3 Å². The number of rotatable bonds is 6. The summed E-state index contributed by atoms with van der Waals surface area (Å²) in [6, 6.07) is 6.33. The lowest BCUT2D eigenvalue weighted by Gasteiger charge is -2.17. The minimum absolute atomic E-state index is 0.139. The second kappa shape index (κ2) is 7.63. The number of ether oxygens (including phenoxy) is 1. The molecule has 8 heteroatoms. The van der Waals surface area contributed by atoms with Crippen LogP contribution < -0.4 is 5.32 Å². The van der Waals surface area contributed by atoms with E-state index in [4.69, 9.17) is 11.6 Å². The highest BCUT2D eigenvalue weighted by atomic mass is 35.5. The minimum atomic E-state index is -4.49. The van der Waals surface area contributed by atoms with Gasteiger partial charge in [-0.05, 0) is 24.6 Å². The molecule has 2 N–H and O–H groups in total. The maximum Gasteiger partial charge on any atom is 0.411 e. The van der Waals surface area contributed by atoms with E-state index in [9.17, 15) is 23.1 Å². The van der Waals surface area contributed by atoms with E-state index in [2.05, 4.69) is 10.1 Å². The van der Waals surface area contributed by atoms with Gasteiger partial charge in [-0.1, -0.05) is 23.7 Å². The first-order valence-electron chi connectivity index (χ1n) is 6.08. The topological polar surface area (TPSA) is 58.6 Å². The highest BCUT2D eigenvalue weighted by Crippen LogP contribution is 2.17. The van der Waals surface area contributed by atoms with E-state index in [0.29, 0.717) is 10.6 Å². The summed E-state index contributed by atoms with van der Waals surface area (Å²) in [4.78, 5) is 11.5. The number of amides is 1. The number of hydrogen-bond acceptors (Lipinski definition) is 3. The van der Waals surface area contributed by atoms with Crippen molar-refractivity contribution in [3.05, 3.63) is 34.9 Å². The molecule has 1 amide bonds. The summed E-state index contributed by atoms with van der Waals surface area (Å²) in [7, 11) is 0. The lowest BCUT2D eigenvalue weighted by molar-refractivity contribution is -0.185. The molecule has 2 unspecified atom stereocenters. The van der Waals surface area contributed by atoms with Crippen LogP contribution in [0.3, 0.4) is 0 Å². The molecule has 0 aliphatic rings. The third-order valence-corrected chi connectivity index (χ3v) is 2.84. The maximum absolute atomic E-state index is 11.9. The summed E-state index contributed by atoms with van der Waals surface area (Å²) in [6.45, 7) is -0.433. The summed E-state index contributed by atoms with van der Waals surface area (Å²) in [5.41, 5.74) is 0.531. The van der Waals surface area contributed by atoms with Gasteiger partial charge in [-0.25, -0.2) is 0 Å². The van der Waals surface area contributed by atoms with Crippen LogP contribution in [0.5, 0.6) is 0 Å². The van der Waals surface area contributed by atoms with Crippen molar-refractivity contribution < 1.29 is 27.8 Å². The van der Waals surface area contributed by atoms with Crippen LogP contribution in [-0.4, -0.2) is 36.4 Å². The Hall–Kier alpha value is -1.31. The van der Waals surface area contributed by atoms with Crippen molar-refractivity contribution in [3.8, 4) is 0 Å². The zero-order valence-electron chi connectivity index (χ0n) is 11.2. The number of benzene rings is 1. The van der Waals surface area contributed by atoms with Gasteiger partial charge in [-0.2, -0.15) is 13.2 Å². The molecule has 118 valence electrons. The SMILES string of the molecule is CC(OCC(F)(F)F)C(=O)NCC(O)c1ccc(Cl)cc1. The molecule has 4 nitrogen and oxygen atoms in total. The monoisotopic (exact) mass is 325 g/mol. The summed E-state index contributed by atoms with van der Waals surface area (Å²) >= 11 is 5.70. The Morgan fingerprint density at radius 3 is 2.48 bits per heavy atom. The predicted molar refractivity (Wildman–Crippen MR) is 70.9 cm³/mol. The van der Waals surface area contributed by atoms with Gasteiger partial charge in [-0.3, -0.25) is 4.79 Å². The highest BCUT2D eigenvalue weighted by Gasteiger charge is 2.29. The number of hydrogen-bond donors (Lipinski definition) is 2. The molecular weight excluding hydrogens is 311 g/mol. The number of carbonyl (C=O) groups is 1. The number of aliphatic hydroxyl groups is 1. The Kier molecular flexibility index (Phi) is 6.44. The van der Waals surface area contributed by atoms with Crippen molar-refractivity contribution in [1.82, 2.24) is 5.32 Å². The van der Waals surface area contributed by atoms with Gasteiger partial charge in [0.15, 0.2) is 0 Å². The third kappa shape index (κ3) is 6.79. The average molecular weight is 326 g/mol. The Labute approximate surface area is 124 Å². The summed E-state index contributed by atoms with van der Waals surface area (Å²) < 4.78 is 40.2. The molecule has 0 saturated heterocycles. The molecule has 1 aromatic carbocycles. The predicted octanol–water partition coefficient (Wildman–Crippen LogP) is 2.46. The van der Waals surface area contributed by atoms with Gasteiger partial charge in [0.2, 0.25) is 5.91 Å². The van der Waals surface area contributed by atoms with Crippen LogP contribution in [0.1, 0.15) is 18.6 Å². The molecule has 0 aliphatic carbocycles. The van der Waals surface area contributed by atoms with Crippen molar-refractivity contribution in [2.75, 3.05) is 13.2 Å². The third-order valence-electron chi connectivity index (χ3n) is 2.59. The van der Waals surface area contributed by atoms with Crippen molar-refractivity contribution in [3.63, 3.8) is 0 Å². The van der Waals surface area contributed by atoms with E-state index in [1.807, 2.05) is 0 Å². The molecule has 0 heterocycles. The van der Waals surface area contributed by atoms with Crippen molar-refractivity contribution >= 4 is 17.5 Å². The second-order valence-corrected chi connectivity index (χ2v) is 4.82. The number of nitrogens with one attached hydrogen (secondary N) is 1. The molecule has 0 bridgehead atoms. The Balaban J connectivity index is 2.39. The Morgan fingerprint density at radius 2 is 1.95 bits per heavy atom. The van der Waals surface area contributed by atoms with Crippen molar-refractivity contribution in [2.45, 2.75) is 25.3 Å². The smallest absolute Gasteiger partial charge is 0.387 e. The standard InChI is InChI=1S/C13H15ClF3NO3/c1-8(21-7-13(15,16)17)12(20)18-6-11(19)9-2-4-10(14)5-3-9/h2-5,8,11,19H,6-7H2,1H3,(H,18,20). The summed E-state index contributed by atoms with van der Waals surface area (Å²) in [5.74, 6) is -0.729. The molecule has 2 atom stereocenters. The van der Waals surface area contributed by atoms with Gasteiger partial charge in [0.25, 0.3) is 0 Å². The van der Waals surface area contributed by atoms with Gasteiger partial charge in [-0.15, -0.1) is 0 Å². The zero-order chi connectivity index (χ0) is 16.0. The van der Waals surface area contributed by atoms with Crippen LogP contribution >= 0.6 is 11.6 Å². The molecule has 1 rings (SSSR count). The van der Waals surface area contributed by atoms with Gasteiger partial charge in [0.05, 0.1) is 6.10 Å². The van der Waals surface area contributed by atoms with E-state index in [-0.39, 0.29) is 6.54 Å². The quantitative estimate of drug-likeness (QED) is 0.844. The fourth-order valence-corrected chi connectivity index (χ4v) is 1.56. The molecule has 0 radical (unpaired) electrons. The van der Waals surface area contributed by atoms with Crippen LogP contribution in [0.4, 0.5) is 13.2 Å². The summed E-state index contributed by atoms with van der Waals surface area (Å²) in [5, 5.41) is 12.6. The minimum Gasteiger partial charge on any atom is -0.387 e. The molecule has 0 aliphatic heterocycles. The molecule has 21 heavy (non-hydrogen) atoms. The molecule has 0 spiro atoms. The van der Waals surface area contributed by atoms with Crippen LogP contribution in [0, 0.1) is 0 Å². The van der Waals surface area contributed by atoms with Gasteiger partial charge < -0.3 is 15.2 Å². The van der Waals surface area contributed by atoms with Crippen LogP contribution in [0.25, 0.3) is 0 Å². The number of carbonyl (C=O) groups excluding carboxylic acids is 1. The normalized spacial score (nSPS) is 14.6. The zero-order valence-corrected chi connectivity index (χ0v) is 11.9. The molecule has 1 aromatic rings. The lowest BCUT2D eigenvalue weighted by atomic mass is 10.1. The first-order chi connectivity index (χ1) is 9.69. The van der Waals surface area contributed by atoms with Gasteiger partial charge >= 0.3 is 6.18 Å². The largest absolute Gasteiger partial charge is 0.411 e. The van der Waals surface area contributed by atoms with Crippen molar-refractivity contribution in [2.24, 2.45) is 0 Å². The lowest BCUT2D eigenvalue weighted by Crippen LogP contribution is -2.38. The number of alkyl halides is 3. The number of aliphatic hydroxyl groups excluding tert-OH is 1. The van der Waals surface area contributed by atoms with Crippen LogP contribution in [0.2, 0.25) is 5.02 Å². The maximum atomic E-state index is 11.9. The first kappa shape index (κ1) is 17.7. The fraction of sp³-hybridized carbons (Fsp3) is 0.462. The average Bonchev–Trinajstić information content (AvgIpc) is 2.41. The van der Waals surface area contributed by atoms with E-state index in [1.165, 1.54) is 6.92 Å². The highest BCUT2D eigenvalue weighted by molar-refractivity contribution is 6.30. The fourth-order valence-electron chi connectivity index (χ4n) is 1.44. The van der Waals surface area contributed by atoms with E-state index < -0.39 is 30.9 Å². The summed E-state index contributed by atoms with van der Waals surface area (Å²) in [6.07, 6.45) is -6.73. The first-order valence-corrected chi connectivity index (χ1v) is 6.46. The Morgan fingerprint density at radius 1 is 1.38 bits per heavy atom. The Bertz CT molecular complexity index is 465. The van der Waals surface area contributed by atoms with E-state index in [0.717, 1.165) is 0 Å². The molecular formula is C13H15ClF3NO3. The van der Waals surface area contributed by atoms with Gasteiger partial charge in [0.1, 0.15) is 12.7 Å². The second-order valence-electron chi connectivity index (χ2n) is 4.38. The molecule has 0 fully saturated rings. The van der Waals surface area contributed by atoms with E-state index in [1.54, 1.807) is 24.3 Å². The molecule has 0 saturated carbocycles. The molecule has 0 aromatic heterocycles. The van der Waals surface area contributed by atoms with E-state index >= 15 is 0 Å². The number of halogens is 4.